The molecule has 0 aliphatic carbocycles. The van der Waals surface area contributed by atoms with Crippen molar-refractivity contribution in [3.63, 3.8) is 0 Å². The van der Waals surface area contributed by atoms with Gasteiger partial charge in [0.1, 0.15) is 5.82 Å². The molecule has 0 N–H and O–H groups in total. The van der Waals surface area contributed by atoms with Gasteiger partial charge in [0.25, 0.3) is 10.0 Å². The number of aryl methyl sites for hydroxylation is 2. The van der Waals surface area contributed by atoms with Crippen molar-refractivity contribution in [1.82, 2.24) is 14.1 Å². The molecule has 0 bridgehead atoms. The van der Waals surface area contributed by atoms with Crippen LogP contribution in [0.2, 0.25) is 0 Å². The summed E-state index contributed by atoms with van der Waals surface area (Å²) in [6.07, 6.45) is 0. The van der Waals surface area contributed by atoms with Gasteiger partial charge < -0.3 is 4.74 Å². The highest BCUT2D eigenvalue weighted by atomic mass is 32.2. The van der Waals surface area contributed by atoms with E-state index >= 15 is 0 Å². The summed E-state index contributed by atoms with van der Waals surface area (Å²) in [5, 5.41) is 0. The highest BCUT2D eigenvalue weighted by Crippen LogP contribution is 2.24. The number of imidazole rings is 1. The molecule has 2 heterocycles. The quantitative estimate of drug-likeness (QED) is 0.694. The molecule has 0 aliphatic heterocycles. The van der Waals surface area contributed by atoms with E-state index in [1.54, 1.807) is 38.4 Å². The fraction of sp³-hybridized carbons (Fsp3) is 0.250. The van der Waals surface area contributed by atoms with E-state index in [9.17, 15) is 13.2 Å². The molecule has 9 heteroatoms. The first kappa shape index (κ1) is 17.0. The van der Waals surface area contributed by atoms with Gasteiger partial charge in [0.15, 0.2) is 0 Å². The normalized spacial score (nSPS) is 11.7. The van der Waals surface area contributed by atoms with E-state index in [0.29, 0.717) is 16.9 Å². The Morgan fingerprint density at radius 1 is 1.08 bits per heavy atom. The largest absolute Gasteiger partial charge is 0.481 e. The van der Waals surface area contributed by atoms with Gasteiger partial charge in [-0.1, -0.05) is 6.07 Å². The SMILES string of the molecule is COc1cccc(N(C)S(=O)(=O)c2ccc3c(c2)n(C)c(=O)n3C)n1. The fourth-order valence-electron chi connectivity index (χ4n) is 2.62. The third-order valence-corrected chi connectivity index (χ3v) is 5.90. The first-order chi connectivity index (χ1) is 11.8. The minimum Gasteiger partial charge on any atom is -0.481 e. The molecule has 0 fully saturated rings. The van der Waals surface area contributed by atoms with Gasteiger partial charge in [0.05, 0.1) is 23.0 Å². The molecule has 132 valence electrons. The maximum Gasteiger partial charge on any atom is 0.328 e. The molecule has 0 unspecified atom stereocenters. The molecule has 0 atom stereocenters. The maximum absolute atomic E-state index is 12.9. The Labute approximate surface area is 144 Å². The molecule has 25 heavy (non-hydrogen) atoms. The Kier molecular flexibility index (Phi) is 4.03. The molecule has 8 nitrogen and oxygen atoms in total. The second kappa shape index (κ2) is 5.92. The summed E-state index contributed by atoms with van der Waals surface area (Å²) in [7, 11) is 2.30. The monoisotopic (exact) mass is 362 g/mol. The molecule has 0 spiro atoms. The number of fused-ring (bicyclic) bond motifs is 1. The van der Waals surface area contributed by atoms with Gasteiger partial charge in [0, 0.05) is 27.2 Å². The molecule has 2 aromatic heterocycles. The summed E-state index contributed by atoms with van der Waals surface area (Å²) in [5.74, 6) is 0.557. The van der Waals surface area contributed by atoms with Crippen LogP contribution in [0.3, 0.4) is 0 Å². The predicted molar refractivity (Wildman–Crippen MR) is 94.5 cm³/mol. The number of ether oxygens (including phenoxy) is 1. The van der Waals surface area contributed by atoms with Crippen LogP contribution in [-0.4, -0.2) is 36.7 Å². The molecule has 0 saturated carbocycles. The van der Waals surface area contributed by atoms with Crippen LogP contribution in [0.4, 0.5) is 5.82 Å². The number of methoxy groups -OCH3 is 1. The van der Waals surface area contributed by atoms with Crippen molar-refractivity contribution < 1.29 is 13.2 Å². The van der Waals surface area contributed by atoms with Crippen LogP contribution in [0, 0.1) is 0 Å². The van der Waals surface area contributed by atoms with Gasteiger partial charge in [-0.2, -0.15) is 4.98 Å². The van der Waals surface area contributed by atoms with Crippen molar-refractivity contribution in [2.75, 3.05) is 18.5 Å². The van der Waals surface area contributed by atoms with E-state index in [2.05, 4.69) is 4.98 Å². The zero-order valence-electron chi connectivity index (χ0n) is 14.3. The van der Waals surface area contributed by atoms with Crippen molar-refractivity contribution in [2.45, 2.75) is 4.90 Å². The van der Waals surface area contributed by atoms with E-state index in [1.165, 1.54) is 35.4 Å². The average molecular weight is 362 g/mol. The third kappa shape index (κ3) is 2.66. The summed E-state index contributed by atoms with van der Waals surface area (Å²) < 4.78 is 34.9. The molecule has 3 aromatic rings. The lowest BCUT2D eigenvalue weighted by Gasteiger charge is -2.19. The molecule has 0 aliphatic rings. The van der Waals surface area contributed by atoms with Gasteiger partial charge in [-0.15, -0.1) is 0 Å². The summed E-state index contributed by atoms with van der Waals surface area (Å²) >= 11 is 0. The number of rotatable bonds is 4. The smallest absolute Gasteiger partial charge is 0.328 e. The van der Waals surface area contributed by atoms with Crippen molar-refractivity contribution in [3.05, 3.63) is 46.9 Å². The average Bonchev–Trinajstić information content (AvgIpc) is 2.85. The minimum absolute atomic E-state index is 0.0771. The molecule has 0 saturated heterocycles. The Bertz CT molecular complexity index is 1110. The van der Waals surface area contributed by atoms with Crippen molar-refractivity contribution in [1.29, 1.82) is 0 Å². The molecule has 0 radical (unpaired) electrons. The highest BCUT2D eigenvalue weighted by molar-refractivity contribution is 7.92. The lowest BCUT2D eigenvalue weighted by Crippen LogP contribution is -2.27. The molecular formula is C16H18N4O4S. The van der Waals surface area contributed by atoms with Crippen LogP contribution in [0.5, 0.6) is 5.88 Å². The number of anilines is 1. The van der Waals surface area contributed by atoms with Crippen molar-refractivity contribution in [2.24, 2.45) is 14.1 Å². The lowest BCUT2D eigenvalue weighted by atomic mass is 10.3. The van der Waals surface area contributed by atoms with Gasteiger partial charge >= 0.3 is 5.69 Å². The van der Waals surface area contributed by atoms with Crippen LogP contribution >= 0.6 is 0 Å². The minimum atomic E-state index is -3.84. The molecule has 3 rings (SSSR count). The third-order valence-electron chi connectivity index (χ3n) is 4.14. The van der Waals surface area contributed by atoms with Gasteiger partial charge in [-0.05, 0) is 24.3 Å². The Morgan fingerprint density at radius 2 is 1.76 bits per heavy atom. The number of pyridine rings is 1. The number of sulfonamides is 1. The summed E-state index contributed by atoms with van der Waals surface area (Å²) in [4.78, 5) is 16.2. The van der Waals surface area contributed by atoms with Crippen molar-refractivity contribution in [3.8, 4) is 5.88 Å². The van der Waals surface area contributed by atoms with Gasteiger partial charge in [0.2, 0.25) is 5.88 Å². The molecular weight excluding hydrogens is 344 g/mol. The summed E-state index contributed by atoms with van der Waals surface area (Å²) in [6, 6.07) is 9.47. The maximum atomic E-state index is 12.9. The topological polar surface area (TPSA) is 86.4 Å². The lowest BCUT2D eigenvalue weighted by molar-refractivity contribution is 0.398. The van der Waals surface area contributed by atoms with Crippen molar-refractivity contribution >= 4 is 26.9 Å². The van der Waals surface area contributed by atoms with E-state index in [1.807, 2.05) is 0 Å². The summed E-state index contributed by atoms with van der Waals surface area (Å²) in [6.45, 7) is 0. The first-order valence-corrected chi connectivity index (χ1v) is 8.87. The molecule has 0 amide bonds. The van der Waals surface area contributed by atoms with Crippen LogP contribution in [-0.2, 0) is 24.1 Å². The first-order valence-electron chi connectivity index (χ1n) is 7.43. The zero-order valence-corrected chi connectivity index (χ0v) is 15.1. The van der Waals surface area contributed by atoms with Crippen LogP contribution in [0.1, 0.15) is 0 Å². The Balaban J connectivity index is 2.12. The molecule has 1 aromatic carbocycles. The second-order valence-corrected chi connectivity index (χ2v) is 7.53. The van der Waals surface area contributed by atoms with E-state index < -0.39 is 10.0 Å². The number of hydrogen-bond donors (Lipinski definition) is 0. The van der Waals surface area contributed by atoms with E-state index in [-0.39, 0.29) is 16.4 Å². The van der Waals surface area contributed by atoms with Gasteiger partial charge in [-0.25, -0.2) is 13.2 Å². The fourth-order valence-corrected chi connectivity index (χ4v) is 3.79. The van der Waals surface area contributed by atoms with Crippen LogP contribution in [0.25, 0.3) is 11.0 Å². The van der Waals surface area contributed by atoms with Crippen LogP contribution < -0.4 is 14.7 Å². The Morgan fingerprint density at radius 3 is 2.44 bits per heavy atom. The standard InChI is InChI=1S/C16H18N4O4S/c1-18-12-9-8-11(10-13(12)19(2)16(18)21)25(22,23)20(3)14-6-5-7-15(17-14)24-4/h5-10H,1-4H3. The van der Waals surface area contributed by atoms with Crippen LogP contribution in [0.15, 0.2) is 46.1 Å². The number of nitrogens with zero attached hydrogens (tertiary/aromatic N) is 4. The number of hydrogen-bond acceptors (Lipinski definition) is 5. The Hall–Kier alpha value is -2.81. The zero-order chi connectivity index (χ0) is 18.4. The number of aromatic nitrogens is 3. The second-order valence-electron chi connectivity index (χ2n) is 5.56. The highest BCUT2D eigenvalue weighted by Gasteiger charge is 2.24. The van der Waals surface area contributed by atoms with E-state index in [4.69, 9.17) is 4.74 Å². The number of benzene rings is 1. The summed E-state index contributed by atoms with van der Waals surface area (Å²) in [5.41, 5.74) is 0.988. The van der Waals surface area contributed by atoms with E-state index in [0.717, 1.165) is 4.31 Å². The van der Waals surface area contributed by atoms with Gasteiger partial charge in [-0.3, -0.25) is 13.4 Å². The predicted octanol–water partition coefficient (Wildman–Crippen LogP) is 1.11.